The quantitative estimate of drug-likeness (QED) is 0.892. The average molecular weight is 282 g/mol. The van der Waals surface area contributed by atoms with Gasteiger partial charge in [-0.15, -0.1) is 0 Å². The number of carboxylic acid groups (broad SMARTS) is 1. The minimum atomic E-state index is -0.796. The van der Waals surface area contributed by atoms with E-state index in [1.165, 1.54) is 32.1 Å². The number of nitrogens with zero attached hydrogens (tertiary/aromatic N) is 1. The summed E-state index contributed by atoms with van der Waals surface area (Å²) >= 11 is 5.99. The molecule has 1 aromatic rings. The Bertz CT molecular complexity index is 430. The van der Waals surface area contributed by atoms with Crippen LogP contribution in [0.3, 0.4) is 0 Å². The van der Waals surface area contributed by atoms with Gasteiger partial charge in [-0.2, -0.15) is 0 Å². The molecule has 1 fully saturated rings. The van der Waals surface area contributed by atoms with Crippen molar-refractivity contribution >= 4 is 23.3 Å². The second-order valence-corrected chi connectivity index (χ2v) is 5.69. The van der Waals surface area contributed by atoms with Gasteiger partial charge in [0.25, 0.3) is 0 Å². The normalized spacial score (nSPS) is 16.3. The highest BCUT2D eigenvalue weighted by molar-refractivity contribution is 6.30. The Labute approximate surface area is 119 Å². The van der Waals surface area contributed by atoms with Crippen LogP contribution in [0.1, 0.15) is 32.1 Å². The van der Waals surface area contributed by atoms with E-state index in [4.69, 9.17) is 16.7 Å². The number of carboxylic acids is 1. The number of benzene rings is 1. The molecule has 4 heteroatoms. The van der Waals surface area contributed by atoms with Gasteiger partial charge in [-0.05, 0) is 37.0 Å². The summed E-state index contributed by atoms with van der Waals surface area (Å²) in [6.45, 7) is 0.851. The first-order valence-electron chi connectivity index (χ1n) is 6.87. The third-order valence-electron chi connectivity index (χ3n) is 3.70. The van der Waals surface area contributed by atoms with Crippen LogP contribution in [0, 0.1) is 5.92 Å². The van der Waals surface area contributed by atoms with Crippen molar-refractivity contribution in [2.75, 3.05) is 18.0 Å². The van der Waals surface area contributed by atoms with Crippen molar-refractivity contribution in [3.63, 3.8) is 0 Å². The Morgan fingerprint density at radius 1 is 1.32 bits per heavy atom. The molecular weight excluding hydrogens is 262 g/mol. The fourth-order valence-corrected chi connectivity index (χ4v) is 2.96. The Hall–Kier alpha value is -1.22. The molecule has 0 amide bonds. The van der Waals surface area contributed by atoms with E-state index in [9.17, 15) is 4.79 Å². The summed E-state index contributed by atoms with van der Waals surface area (Å²) in [5.41, 5.74) is 0.903. The van der Waals surface area contributed by atoms with Crippen molar-refractivity contribution < 1.29 is 9.90 Å². The summed E-state index contributed by atoms with van der Waals surface area (Å²) in [4.78, 5) is 13.0. The molecule has 0 unspecified atom stereocenters. The lowest BCUT2D eigenvalue weighted by atomic mass is 9.89. The number of halogens is 1. The van der Waals surface area contributed by atoms with E-state index in [0.29, 0.717) is 10.9 Å². The Balaban J connectivity index is 2.08. The molecule has 0 bridgehead atoms. The number of anilines is 1. The van der Waals surface area contributed by atoms with Crippen LogP contribution in [0.2, 0.25) is 5.02 Å². The lowest BCUT2D eigenvalue weighted by Gasteiger charge is -2.30. The Kier molecular flexibility index (Phi) is 5.08. The van der Waals surface area contributed by atoms with Gasteiger partial charge in [0.15, 0.2) is 0 Å². The van der Waals surface area contributed by atoms with Gasteiger partial charge in [0.2, 0.25) is 0 Å². The maximum atomic E-state index is 11.0. The zero-order valence-corrected chi connectivity index (χ0v) is 11.8. The van der Waals surface area contributed by atoms with Crippen LogP contribution in [0.25, 0.3) is 0 Å². The zero-order chi connectivity index (χ0) is 13.7. The maximum Gasteiger partial charge on any atom is 0.323 e. The molecule has 0 aliphatic heterocycles. The van der Waals surface area contributed by atoms with E-state index in [0.717, 1.165) is 12.2 Å². The molecule has 1 aliphatic rings. The van der Waals surface area contributed by atoms with Crippen LogP contribution in [-0.4, -0.2) is 24.2 Å². The van der Waals surface area contributed by atoms with Crippen molar-refractivity contribution in [1.29, 1.82) is 0 Å². The first-order chi connectivity index (χ1) is 9.15. The minimum Gasteiger partial charge on any atom is -0.480 e. The first-order valence-corrected chi connectivity index (χ1v) is 7.25. The molecule has 0 aromatic heterocycles. The molecule has 1 saturated carbocycles. The van der Waals surface area contributed by atoms with E-state index < -0.39 is 5.97 Å². The SMILES string of the molecule is O=C(O)CN(CC1CCCCC1)c1cccc(Cl)c1. The highest BCUT2D eigenvalue weighted by Crippen LogP contribution is 2.27. The second kappa shape index (κ2) is 6.80. The van der Waals surface area contributed by atoms with Crippen LogP contribution in [0.4, 0.5) is 5.69 Å². The van der Waals surface area contributed by atoms with Gasteiger partial charge < -0.3 is 10.0 Å². The largest absolute Gasteiger partial charge is 0.480 e. The van der Waals surface area contributed by atoms with E-state index in [1.54, 1.807) is 0 Å². The highest BCUT2D eigenvalue weighted by atomic mass is 35.5. The highest BCUT2D eigenvalue weighted by Gasteiger charge is 2.19. The molecule has 0 saturated heterocycles. The monoisotopic (exact) mass is 281 g/mol. The Morgan fingerprint density at radius 3 is 2.68 bits per heavy atom. The topological polar surface area (TPSA) is 40.5 Å². The van der Waals surface area contributed by atoms with Crippen molar-refractivity contribution in [3.05, 3.63) is 29.3 Å². The summed E-state index contributed by atoms with van der Waals surface area (Å²) in [7, 11) is 0. The molecule has 1 N–H and O–H groups in total. The predicted octanol–water partition coefficient (Wildman–Crippen LogP) is 3.81. The van der Waals surface area contributed by atoms with Crippen LogP contribution in [0.5, 0.6) is 0 Å². The predicted molar refractivity (Wildman–Crippen MR) is 77.9 cm³/mol. The van der Waals surface area contributed by atoms with Crippen molar-refractivity contribution in [2.45, 2.75) is 32.1 Å². The number of hydrogen-bond acceptors (Lipinski definition) is 2. The molecule has 19 heavy (non-hydrogen) atoms. The average Bonchev–Trinajstić information content (AvgIpc) is 2.39. The number of rotatable bonds is 5. The molecule has 3 nitrogen and oxygen atoms in total. The van der Waals surface area contributed by atoms with Gasteiger partial charge in [0.1, 0.15) is 6.54 Å². The summed E-state index contributed by atoms with van der Waals surface area (Å²) in [5.74, 6) is -0.192. The van der Waals surface area contributed by atoms with Crippen molar-refractivity contribution in [3.8, 4) is 0 Å². The Morgan fingerprint density at radius 2 is 2.05 bits per heavy atom. The van der Waals surface area contributed by atoms with Gasteiger partial charge in [-0.1, -0.05) is 36.9 Å². The van der Waals surface area contributed by atoms with Crippen molar-refractivity contribution in [1.82, 2.24) is 0 Å². The summed E-state index contributed by atoms with van der Waals surface area (Å²) in [5, 5.41) is 9.72. The molecule has 0 heterocycles. The van der Waals surface area contributed by atoms with Crippen LogP contribution in [0.15, 0.2) is 24.3 Å². The smallest absolute Gasteiger partial charge is 0.323 e. The number of carbonyl (C=O) groups is 1. The fourth-order valence-electron chi connectivity index (χ4n) is 2.78. The third-order valence-corrected chi connectivity index (χ3v) is 3.94. The van der Waals surface area contributed by atoms with Gasteiger partial charge in [0.05, 0.1) is 0 Å². The van der Waals surface area contributed by atoms with Gasteiger partial charge in [-0.3, -0.25) is 4.79 Å². The second-order valence-electron chi connectivity index (χ2n) is 5.26. The molecule has 104 valence electrons. The van der Waals surface area contributed by atoms with Gasteiger partial charge >= 0.3 is 5.97 Å². The minimum absolute atomic E-state index is 0.0385. The molecule has 1 aliphatic carbocycles. The molecule has 0 radical (unpaired) electrons. The van der Waals surface area contributed by atoms with Gasteiger partial charge in [0, 0.05) is 17.3 Å². The molecule has 1 aromatic carbocycles. The van der Waals surface area contributed by atoms with Crippen LogP contribution in [-0.2, 0) is 4.79 Å². The molecule has 0 spiro atoms. The molecule has 2 rings (SSSR count). The standard InChI is InChI=1S/C15H20ClNO2/c16-13-7-4-8-14(9-13)17(11-15(18)19)10-12-5-2-1-3-6-12/h4,7-9,12H,1-3,5-6,10-11H2,(H,18,19). The van der Waals surface area contributed by atoms with Crippen LogP contribution >= 0.6 is 11.6 Å². The van der Waals surface area contributed by atoms with E-state index in [1.807, 2.05) is 29.2 Å². The number of aliphatic carboxylic acids is 1. The lowest BCUT2D eigenvalue weighted by molar-refractivity contribution is -0.135. The van der Waals surface area contributed by atoms with Crippen molar-refractivity contribution in [2.24, 2.45) is 5.92 Å². The summed E-state index contributed by atoms with van der Waals surface area (Å²) in [6.07, 6.45) is 6.25. The molecular formula is C15H20ClNO2. The lowest BCUT2D eigenvalue weighted by Crippen LogP contribution is -2.34. The zero-order valence-electron chi connectivity index (χ0n) is 11.0. The van der Waals surface area contributed by atoms with Gasteiger partial charge in [-0.25, -0.2) is 0 Å². The third kappa shape index (κ3) is 4.43. The summed E-state index contributed by atoms with van der Waals surface area (Å²) in [6, 6.07) is 7.45. The van der Waals surface area contributed by atoms with E-state index in [-0.39, 0.29) is 6.54 Å². The first kappa shape index (κ1) is 14.2. The fraction of sp³-hybridized carbons (Fsp3) is 0.533. The van der Waals surface area contributed by atoms with Crippen LogP contribution < -0.4 is 4.90 Å². The summed E-state index contributed by atoms with van der Waals surface area (Å²) < 4.78 is 0. The number of hydrogen-bond donors (Lipinski definition) is 1. The van der Waals surface area contributed by atoms with E-state index in [2.05, 4.69) is 0 Å². The maximum absolute atomic E-state index is 11.0. The van der Waals surface area contributed by atoms with E-state index >= 15 is 0 Å². The molecule has 0 atom stereocenters.